The molecule has 4 nitrogen and oxygen atoms in total. The van der Waals surface area contributed by atoms with Gasteiger partial charge in [0.15, 0.2) is 0 Å². The smallest absolute Gasteiger partial charge is 0.250 e. The molecule has 7 heteroatoms. The first kappa shape index (κ1) is 18.9. The zero-order valence-corrected chi connectivity index (χ0v) is 15.8. The fraction of sp³-hybridized carbons (Fsp3) is 0.625. The molecule has 1 aromatic rings. The molecule has 0 aliphatic heterocycles. The highest BCUT2D eigenvalue weighted by Crippen LogP contribution is 2.29. The van der Waals surface area contributed by atoms with Crippen LogP contribution in [0, 0.1) is 11.8 Å². The minimum atomic E-state index is -3.68. The first-order valence-electron chi connectivity index (χ1n) is 7.97. The van der Waals surface area contributed by atoms with Crippen LogP contribution in [0.5, 0.6) is 0 Å². The molecule has 1 heterocycles. The van der Waals surface area contributed by atoms with Crippen LogP contribution in [0.4, 0.5) is 0 Å². The van der Waals surface area contributed by atoms with Crippen molar-refractivity contribution in [2.45, 2.75) is 55.9 Å². The molecule has 2 N–H and O–H groups in total. The van der Waals surface area contributed by atoms with Crippen molar-refractivity contribution in [1.29, 1.82) is 0 Å². The van der Waals surface area contributed by atoms with Gasteiger partial charge in [-0.05, 0) is 37.3 Å². The van der Waals surface area contributed by atoms with Gasteiger partial charge in [0, 0.05) is 5.92 Å². The van der Waals surface area contributed by atoms with Crippen molar-refractivity contribution < 1.29 is 13.5 Å². The Kier molecular flexibility index (Phi) is 6.68. The Labute approximate surface area is 147 Å². The number of nitrogens with one attached hydrogen (secondary N) is 1. The Morgan fingerprint density at radius 1 is 1.48 bits per heavy atom. The van der Waals surface area contributed by atoms with E-state index in [-0.39, 0.29) is 16.0 Å². The van der Waals surface area contributed by atoms with Gasteiger partial charge in [0.25, 0.3) is 0 Å². The van der Waals surface area contributed by atoms with Gasteiger partial charge in [-0.1, -0.05) is 44.0 Å². The SMILES string of the molecule is CC[C@H](C)C(NS(=O)(=O)c1ccc(Cl)s1)[C@@H](O)[C@@H]1C=CCCC1. The quantitative estimate of drug-likeness (QED) is 0.710. The number of aliphatic hydroxyl groups excluding tert-OH is 1. The van der Waals surface area contributed by atoms with Crippen molar-refractivity contribution in [3.8, 4) is 0 Å². The highest BCUT2D eigenvalue weighted by Gasteiger charge is 2.34. The maximum Gasteiger partial charge on any atom is 0.250 e. The van der Waals surface area contributed by atoms with Crippen molar-refractivity contribution in [1.82, 2.24) is 4.72 Å². The van der Waals surface area contributed by atoms with Crippen LogP contribution in [0.25, 0.3) is 0 Å². The molecule has 1 aliphatic rings. The molecule has 0 bridgehead atoms. The third-order valence-corrected chi connectivity index (χ3v) is 7.64. The number of thiophene rings is 1. The van der Waals surface area contributed by atoms with Gasteiger partial charge in [0.05, 0.1) is 16.5 Å². The highest BCUT2D eigenvalue weighted by molar-refractivity contribution is 7.91. The van der Waals surface area contributed by atoms with E-state index >= 15 is 0 Å². The molecular weight excluding hydrogens is 354 g/mol. The number of halogens is 1. The van der Waals surface area contributed by atoms with E-state index in [1.807, 2.05) is 19.9 Å². The van der Waals surface area contributed by atoms with E-state index < -0.39 is 22.2 Å². The summed E-state index contributed by atoms with van der Waals surface area (Å²) in [7, 11) is -3.68. The minimum Gasteiger partial charge on any atom is -0.391 e. The maximum atomic E-state index is 12.6. The molecule has 0 radical (unpaired) electrons. The van der Waals surface area contributed by atoms with Crippen molar-refractivity contribution >= 4 is 33.0 Å². The van der Waals surface area contributed by atoms with Crippen LogP contribution in [-0.2, 0) is 10.0 Å². The Morgan fingerprint density at radius 3 is 2.74 bits per heavy atom. The van der Waals surface area contributed by atoms with Gasteiger partial charge >= 0.3 is 0 Å². The zero-order chi connectivity index (χ0) is 17.0. The minimum absolute atomic E-state index is 0.00243. The van der Waals surface area contributed by atoms with E-state index in [0.717, 1.165) is 37.0 Å². The third-order valence-electron chi connectivity index (χ3n) is 4.46. The van der Waals surface area contributed by atoms with Crippen LogP contribution in [0.1, 0.15) is 39.5 Å². The summed E-state index contributed by atoms with van der Waals surface area (Å²) in [5.41, 5.74) is 0. The summed E-state index contributed by atoms with van der Waals surface area (Å²) < 4.78 is 28.5. The molecule has 1 aliphatic carbocycles. The van der Waals surface area contributed by atoms with Gasteiger partial charge < -0.3 is 5.11 Å². The van der Waals surface area contributed by atoms with E-state index in [1.165, 1.54) is 6.07 Å². The molecule has 4 atom stereocenters. The average molecular weight is 378 g/mol. The van der Waals surface area contributed by atoms with Gasteiger partial charge in [-0.25, -0.2) is 13.1 Å². The Morgan fingerprint density at radius 2 is 2.22 bits per heavy atom. The van der Waals surface area contributed by atoms with Crippen LogP contribution >= 0.6 is 22.9 Å². The molecule has 23 heavy (non-hydrogen) atoms. The van der Waals surface area contributed by atoms with Gasteiger partial charge in [-0.15, -0.1) is 11.3 Å². The lowest BCUT2D eigenvalue weighted by atomic mass is 9.83. The first-order chi connectivity index (χ1) is 10.8. The van der Waals surface area contributed by atoms with Crippen LogP contribution in [-0.4, -0.2) is 25.7 Å². The lowest BCUT2D eigenvalue weighted by Crippen LogP contribution is -2.49. The normalized spacial score (nSPS) is 22.7. The first-order valence-corrected chi connectivity index (χ1v) is 10.6. The largest absolute Gasteiger partial charge is 0.391 e. The average Bonchev–Trinajstić information content (AvgIpc) is 2.99. The molecule has 2 rings (SSSR count). The molecule has 0 fully saturated rings. The van der Waals surface area contributed by atoms with Crippen LogP contribution in [0.3, 0.4) is 0 Å². The molecule has 0 saturated heterocycles. The Hall–Kier alpha value is -0.400. The van der Waals surface area contributed by atoms with Crippen molar-refractivity contribution in [3.05, 3.63) is 28.6 Å². The van der Waals surface area contributed by atoms with E-state index in [2.05, 4.69) is 10.8 Å². The van der Waals surface area contributed by atoms with E-state index in [4.69, 9.17) is 11.6 Å². The molecule has 1 aromatic heterocycles. The van der Waals surface area contributed by atoms with Crippen LogP contribution in [0.15, 0.2) is 28.5 Å². The number of rotatable bonds is 7. The number of hydrogen-bond acceptors (Lipinski definition) is 4. The zero-order valence-electron chi connectivity index (χ0n) is 13.4. The predicted octanol–water partition coefficient (Wildman–Crippen LogP) is 3.81. The van der Waals surface area contributed by atoms with Crippen LogP contribution in [0.2, 0.25) is 4.34 Å². The number of hydrogen-bond donors (Lipinski definition) is 2. The molecule has 0 amide bonds. The number of allylic oxidation sites excluding steroid dienone is 1. The fourth-order valence-electron chi connectivity index (χ4n) is 2.85. The van der Waals surface area contributed by atoms with Crippen molar-refractivity contribution in [3.63, 3.8) is 0 Å². The monoisotopic (exact) mass is 377 g/mol. The maximum absolute atomic E-state index is 12.6. The summed E-state index contributed by atoms with van der Waals surface area (Å²) >= 11 is 6.87. The van der Waals surface area contributed by atoms with Crippen molar-refractivity contribution in [2.75, 3.05) is 0 Å². The third kappa shape index (κ3) is 4.79. The molecule has 0 saturated carbocycles. The molecule has 0 spiro atoms. The summed E-state index contributed by atoms with van der Waals surface area (Å²) in [4.78, 5) is 0. The van der Waals surface area contributed by atoms with Gasteiger partial charge in [0.1, 0.15) is 4.21 Å². The fourth-order valence-corrected chi connectivity index (χ4v) is 5.71. The molecule has 130 valence electrons. The molecule has 1 unspecified atom stereocenters. The molecule has 0 aromatic carbocycles. The Bertz CT molecular complexity index is 642. The number of sulfonamides is 1. The lowest BCUT2D eigenvalue weighted by molar-refractivity contribution is 0.0685. The van der Waals surface area contributed by atoms with E-state index in [0.29, 0.717) is 4.34 Å². The van der Waals surface area contributed by atoms with Gasteiger partial charge in [-0.3, -0.25) is 0 Å². The van der Waals surface area contributed by atoms with E-state index in [1.54, 1.807) is 6.07 Å². The predicted molar refractivity (Wildman–Crippen MR) is 95.4 cm³/mol. The summed E-state index contributed by atoms with van der Waals surface area (Å²) in [6.45, 7) is 3.96. The summed E-state index contributed by atoms with van der Waals surface area (Å²) in [6, 6.07) is 2.55. The second-order valence-electron chi connectivity index (χ2n) is 6.10. The van der Waals surface area contributed by atoms with Crippen LogP contribution < -0.4 is 4.72 Å². The molecular formula is C16H24ClNO3S2. The second kappa shape index (κ2) is 8.12. The number of aliphatic hydroxyl groups is 1. The second-order valence-corrected chi connectivity index (χ2v) is 9.76. The standard InChI is InChI=1S/C16H24ClNO3S2/c1-3-11(2)15(16(19)12-7-5-4-6-8-12)18-23(20,21)14-10-9-13(17)22-14/h5,7,9-12,15-16,18-19H,3-4,6,8H2,1-2H3/t11-,12+,15?,16-/m0/s1. The van der Waals surface area contributed by atoms with E-state index in [9.17, 15) is 13.5 Å². The summed E-state index contributed by atoms with van der Waals surface area (Å²) in [5, 5.41) is 10.7. The summed E-state index contributed by atoms with van der Waals surface area (Å²) in [5.74, 6) is 0.0305. The highest BCUT2D eigenvalue weighted by atomic mass is 35.5. The van der Waals surface area contributed by atoms with Gasteiger partial charge in [0.2, 0.25) is 10.0 Å². The topological polar surface area (TPSA) is 66.4 Å². The Balaban J connectivity index is 2.21. The van der Waals surface area contributed by atoms with Crippen molar-refractivity contribution in [2.24, 2.45) is 11.8 Å². The lowest BCUT2D eigenvalue weighted by Gasteiger charge is -2.33. The summed E-state index contributed by atoms with van der Waals surface area (Å²) in [6.07, 6.45) is 7.07. The van der Waals surface area contributed by atoms with Gasteiger partial charge in [-0.2, -0.15) is 0 Å².